The van der Waals surface area contributed by atoms with Gasteiger partial charge in [0.25, 0.3) is 5.91 Å². The van der Waals surface area contributed by atoms with Crippen molar-refractivity contribution in [2.75, 3.05) is 34.0 Å². The van der Waals surface area contributed by atoms with Gasteiger partial charge in [-0.05, 0) is 48.5 Å². The predicted octanol–water partition coefficient (Wildman–Crippen LogP) is 5.00. The molecule has 1 aliphatic heterocycles. The first-order valence-electron chi connectivity index (χ1n) is 9.41. The van der Waals surface area contributed by atoms with Gasteiger partial charge in [-0.15, -0.1) is 0 Å². The maximum absolute atomic E-state index is 13.1. The second-order valence-corrected chi connectivity index (χ2v) is 7.64. The van der Waals surface area contributed by atoms with Crippen molar-refractivity contribution in [2.45, 2.75) is 6.92 Å². The molecule has 2 aromatic rings. The van der Waals surface area contributed by atoms with Gasteiger partial charge in [-0.25, -0.2) is 4.99 Å². The van der Waals surface area contributed by atoms with Crippen molar-refractivity contribution in [1.29, 1.82) is 0 Å². The minimum Gasteiger partial charge on any atom is -0.493 e. The molecule has 0 aromatic heterocycles. The summed E-state index contributed by atoms with van der Waals surface area (Å²) in [6, 6.07) is 12.9. The summed E-state index contributed by atoms with van der Waals surface area (Å²) in [6.45, 7) is 3.36. The first-order valence-corrected chi connectivity index (χ1v) is 10.6. The number of halogens is 1. The number of hydrogen-bond donors (Lipinski definition) is 0. The molecule has 1 fully saturated rings. The number of amidine groups is 1. The van der Waals surface area contributed by atoms with Crippen LogP contribution >= 0.6 is 23.4 Å². The van der Waals surface area contributed by atoms with E-state index in [0.29, 0.717) is 51.9 Å². The standard InChI is InChI=1S/C22H23ClN2O4S/c1-4-29-11-10-25-21(26)20(30-22(25)24-16-8-6-5-7-9-16)13-15-12-18(27-2)19(28-3)14-17(15)23/h5-9,12-14H,4,10-11H2,1-3H3/b20-13-,24-22?. The van der Waals surface area contributed by atoms with Gasteiger partial charge >= 0.3 is 0 Å². The summed E-state index contributed by atoms with van der Waals surface area (Å²) in [6.07, 6.45) is 1.75. The van der Waals surface area contributed by atoms with Crippen LogP contribution in [0, 0.1) is 0 Å². The van der Waals surface area contributed by atoms with E-state index in [1.54, 1.807) is 37.3 Å². The molecular weight excluding hydrogens is 424 g/mol. The first kappa shape index (κ1) is 22.2. The Kier molecular flexibility index (Phi) is 7.79. The third-order valence-corrected chi connectivity index (χ3v) is 5.66. The van der Waals surface area contributed by atoms with Crippen molar-refractivity contribution in [1.82, 2.24) is 4.90 Å². The van der Waals surface area contributed by atoms with Crippen LogP contribution in [0.5, 0.6) is 11.5 Å². The zero-order chi connectivity index (χ0) is 21.5. The monoisotopic (exact) mass is 446 g/mol. The number of carbonyl (C=O) groups is 1. The van der Waals surface area contributed by atoms with Gasteiger partial charge in [-0.3, -0.25) is 9.69 Å². The highest BCUT2D eigenvalue weighted by molar-refractivity contribution is 8.18. The molecule has 0 N–H and O–H groups in total. The molecule has 0 saturated carbocycles. The van der Waals surface area contributed by atoms with E-state index in [2.05, 4.69) is 4.99 Å². The Balaban J connectivity index is 1.95. The summed E-state index contributed by atoms with van der Waals surface area (Å²) < 4.78 is 16.1. The molecular formula is C22H23ClN2O4S. The lowest BCUT2D eigenvalue weighted by Crippen LogP contribution is -2.32. The molecule has 0 bridgehead atoms. The number of amides is 1. The number of para-hydroxylation sites is 1. The van der Waals surface area contributed by atoms with Crippen LogP contribution in [0.2, 0.25) is 5.02 Å². The number of ether oxygens (including phenoxy) is 3. The summed E-state index contributed by atoms with van der Waals surface area (Å²) >= 11 is 7.71. The van der Waals surface area contributed by atoms with Crippen molar-refractivity contribution >= 4 is 46.2 Å². The summed E-state index contributed by atoms with van der Waals surface area (Å²) in [5.74, 6) is 0.926. The average molecular weight is 447 g/mol. The highest BCUT2D eigenvalue weighted by atomic mass is 35.5. The van der Waals surface area contributed by atoms with Gasteiger partial charge in [-0.2, -0.15) is 0 Å². The average Bonchev–Trinajstić information content (AvgIpc) is 3.04. The molecule has 158 valence electrons. The molecule has 2 aromatic carbocycles. The van der Waals surface area contributed by atoms with Gasteiger partial charge in [-0.1, -0.05) is 29.8 Å². The molecule has 1 amide bonds. The topological polar surface area (TPSA) is 60.4 Å². The van der Waals surface area contributed by atoms with Crippen molar-refractivity contribution < 1.29 is 19.0 Å². The van der Waals surface area contributed by atoms with Gasteiger partial charge in [0, 0.05) is 12.7 Å². The van der Waals surface area contributed by atoms with Crippen LogP contribution in [0.15, 0.2) is 52.4 Å². The van der Waals surface area contributed by atoms with Crippen LogP contribution in [0.25, 0.3) is 6.08 Å². The van der Waals surface area contributed by atoms with Gasteiger partial charge in [0.15, 0.2) is 16.7 Å². The van der Waals surface area contributed by atoms with Crippen LogP contribution in [0.3, 0.4) is 0 Å². The summed E-state index contributed by atoms with van der Waals surface area (Å²) in [5, 5.41) is 1.07. The fraction of sp³-hybridized carbons (Fsp3) is 0.273. The van der Waals surface area contributed by atoms with Crippen LogP contribution in [-0.2, 0) is 9.53 Å². The first-order chi connectivity index (χ1) is 14.6. The molecule has 1 heterocycles. The molecule has 3 rings (SSSR count). The maximum Gasteiger partial charge on any atom is 0.266 e. The Morgan fingerprint density at radius 1 is 1.13 bits per heavy atom. The van der Waals surface area contributed by atoms with Gasteiger partial charge in [0.05, 0.1) is 43.0 Å². The summed E-state index contributed by atoms with van der Waals surface area (Å²) in [7, 11) is 3.10. The van der Waals surface area contributed by atoms with E-state index >= 15 is 0 Å². The fourth-order valence-corrected chi connectivity index (χ4v) is 4.05. The van der Waals surface area contributed by atoms with E-state index in [1.807, 2.05) is 37.3 Å². The summed E-state index contributed by atoms with van der Waals surface area (Å²) in [4.78, 5) is 19.9. The number of carbonyl (C=O) groups excluding carboxylic acids is 1. The largest absolute Gasteiger partial charge is 0.493 e. The van der Waals surface area contributed by atoms with Gasteiger partial charge < -0.3 is 14.2 Å². The van der Waals surface area contributed by atoms with E-state index in [-0.39, 0.29) is 5.91 Å². The number of thioether (sulfide) groups is 1. The Bertz CT molecular complexity index is 963. The second-order valence-electron chi connectivity index (χ2n) is 6.22. The van der Waals surface area contributed by atoms with Crippen molar-refractivity contribution in [3.8, 4) is 11.5 Å². The van der Waals surface area contributed by atoms with Crippen molar-refractivity contribution in [3.05, 3.63) is 58.0 Å². The van der Waals surface area contributed by atoms with Gasteiger partial charge in [0.1, 0.15) is 0 Å². The lowest BCUT2D eigenvalue weighted by atomic mass is 10.1. The Labute approximate surface area is 185 Å². The van der Waals surface area contributed by atoms with Crippen LogP contribution in [-0.4, -0.2) is 50.0 Å². The maximum atomic E-state index is 13.1. The zero-order valence-corrected chi connectivity index (χ0v) is 18.6. The number of aliphatic imine (C=N–C) groups is 1. The zero-order valence-electron chi connectivity index (χ0n) is 17.1. The van der Waals surface area contributed by atoms with Crippen molar-refractivity contribution in [2.24, 2.45) is 4.99 Å². The van der Waals surface area contributed by atoms with E-state index < -0.39 is 0 Å². The Morgan fingerprint density at radius 3 is 2.50 bits per heavy atom. The molecule has 8 heteroatoms. The van der Waals surface area contributed by atoms with E-state index in [4.69, 9.17) is 25.8 Å². The lowest BCUT2D eigenvalue weighted by molar-refractivity contribution is -0.122. The SMILES string of the molecule is CCOCCN1C(=O)/C(=C/c2cc(OC)c(OC)cc2Cl)SC1=Nc1ccccc1. The minimum atomic E-state index is -0.139. The van der Waals surface area contributed by atoms with Crippen LogP contribution in [0.1, 0.15) is 12.5 Å². The predicted molar refractivity (Wildman–Crippen MR) is 122 cm³/mol. The highest BCUT2D eigenvalue weighted by Gasteiger charge is 2.33. The molecule has 0 atom stereocenters. The van der Waals surface area contributed by atoms with E-state index in [9.17, 15) is 4.79 Å². The van der Waals surface area contributed by atoms with Crippen LogP contribution < -0.4 is 9.47 Å². The lowest BCUT2D eigenvalue weighted by Gasteiger charge is -2.15. The molecule has 0 unspecified atom stereocenters. The molecule has 0 spiro atoms. The van der Waals surface area contributed by atoms with E-state index in [0.717, 1.165) is 5.69 Å². The summed E-state index contributed by atoms with van der Waals surface area (Å²) in [5.41, 5.74) is 1.44. The molecule has 1 aliphatic rings. The second kappa shape index (κ2) is 10.5. The highest BCUT2D eigenvalue weighted by Crippen LogP contribution is 2.38. The normalized spacial score (nSPS) is 16.5. The number of rotatable bonds is 8. The minimum absolute atomic E-state index is 0.139. The molecule has 6 nitrogen and oxygen atoms in total. The van der Waals surface area contributed by atoms with Crippen LogP contribution in [0.4, 0.5) is 5.69 Å². The Morgan fingerprint density at radius 2 is 1.83 bits per heavy atom. The molecule has 1 saturated heterocycles. The molecule has 30 heavy (non-hydrogen) atoms. The smallest absolute Gasteiger partial charge is 0.266 e. The third-order valence-electron chi connectivity index (χ3n) is 4.32. The van der Waals surface area contributed by atoms with E-state index in [1.165, 1.54) is 11.8 Å². The quantitative estimate of drug-likeness (QED) is 0.422. The number of nitrogens with zero attached hydrogens (tertiary/aromatic N) is 2. The van der Waals surface area contributed by atoms with Gasteiger partial charge in [0.2, 0.25) is 0 Å². The number of methoxy groups -OCH3 is 2. The fourth-order valence-electron chi connectivity index (χ4n) is 2.82. The number of benzene rings is 2. The Hall–Kier alpha value is -2.48. The molecule has 0 radical (unpaired) electrons. The molecule has 0 aliphatic carbocycles. The van der Waals surface area contributed by atoms with Crippen molar-refractivity contribution in [3.63, 3.8) is 0 Å². The number of hydrogen-bond acceptors (Lipinski definition) is 6. The third kappa shape index (κ3) is 5.16.